The molecule has 1 aromatic rings. The minimum Gasteiger partial charge on any atom is -0.478 e. The number of carboxylic acids is 1. The van der Waals surface area contributed by atoms with Crippen LogP contribution in [0.2, 0.25) is 0 Å². The number of hydrogen-bond donors (Lipinski definition) is 1. The summed E-state index contributed by atoms with van der Waals surface area (Å²) in [7, 11) is 0. The van der Waals surface area contributed by atoms with Gasteiger partial charge in [0.15, 0.2) is 5.78 Å². The van der Waals surface area contributed by atoms with Crippen LogP contribution in [0.3, 0.4) is 0 Å². The first-order valence-corrected chi connectivity index (χ1v) is 5.18. The Morgan fingerprint density at radius 2 is 1.88 bits per heavy atom. The zero-order chi connectivity index (χ0) is 11.8. The summed E-state index contributed by atoms with van der Waals surface area (Å²) in [5.74, 6) is -0.848. The molecule has 84 valence electrons. The minimum absolute atomic E-state index is 0.101. The van der Waals surface area contributed by atoms with Gasteiger partial charge < -0.3 is 5.11 Å². The maximum atomic E-state index is 11.6. The van der Waals surface area contributed by atoms with Gasteiger partial charge in [-0.25, -0.2) is 4.79 Å². The van der Waals surface area contributed by atoms with Crippen LogP contribution >= 0.6 is 0 Å². The maximum Gasteiger partial charge on any atom is 0.327 e. The van der Waals surface area contributed by atoms with E-state index in [1.807, 2.05) is 18.2 Å². The Morgan fingerprint density at radius 1 is 1.19 bits per heavy atom. The van der Waals surface area contributed by atoms with Crippen molar-refractivity contribution in [3.8, 4) is 0 Å². The zero-order valence-corrected chi connectivity index (χ0v) is 8.93. The van der Waals surface area contributed by atoms with Crippen LogP contribution in [0.4, 0.5) is 0 Å². The predicted octanol–water partition coefficient (Wildman–Crippen LogP) is 2.68. The Balaban J connectivity index is 2.29. The summed E-state index contributed by atoms with van der Waals surface area (Å²) >= 11 is 0. The minimum atomic E-state index is -0.950. The third-order valence-electron chi connectivity index (χ3n) is 2.13. The summed E-state index contributed by atoms with van der Waals surface area (Å²) in [6.45, 7) is 0. The Hall–Kier alpha value is -1.90. The quantitative estimate of drug-likeness (QED) is 0.453. The Kier molecular flexibility index (Phi) is 4.99. The molecule has 0 unspecified atom stereocenters. The van der Waals surface area contributed by atoms with E-state index in [0.29, 0.717) is 24.8 Å². The molecule has 0 bridgehead atoms. The first kappa shape index (κ1) is 12.2. The molecule has 1 N–H and O–H groups in total. The molecule has 0 radical (unpaired) electrons. The number of ketones is 1. The van der Waals surface area contributed by atoms with Gasteiger partial charge in [0.2, 0.25) is 0 Å². The van der Waals surface area contributed by atoms with Crippen molar-refractivity contribution in [1.82, 2.24) is 0 Å². The Labute approximate surface area is 94.4 Å². The largest absolute Gasteiger partial charge is 0.478 e. The van der Waals surface area contributed by atoms with Gasteiger partial charge in [-0.3, -0.25) is 4.79 Å². The van der Waals surface area contributed by atoms with Crippen molar-refractivity contribution < 1.29 is 14.7 Å². The van der Waals surface area contributed by atoms with Gasteiger partial charge in [0.1, 0.15) is 0 Å². The molecule has 0 saturated carbocycles. The highest BCUT2D eigenvalue weighted by molar-refractivity contribution is 5.95. The molecule has 0 aliphatic carbocycles. The lowest BCUT2D eigenvalue weighted by Gasteiger charge is -1.98. The van der Waals surface area contributed by atoms with Crippen LogP contribution in [0.1, 0.15) is 29.6 Å². The number of Topliss-reactive ketones (excluding diaryl/α,β-unsaturated/α-hetero) is 1. The second-order valence-electron chi connectivity index (χ2n) is 3.42. The molecule has 16 heavy (non-hydrogen) atoms. The normalized spacial score (nSPS) is 10.5. The lowest BCUT2D eigenvalue weighted by atomic mass is 10.1. The lowest BCUT2D eigenvalue weighted by Crippen LogP contribution is -1.97. The number of rotatable bonds is 6. The molecule has 0 aliphatic rings. The monoisotopic (exact) mass is 218 g/mol. The van der Waals surface area contributed by atoms with Gasteiger partial charge in [-0.05, 0) is 12.8 Å². The van der Waals surface area contributed by atoms with E-state index in [9.17, 15) is 9.59 Å². The Morgan fingerprint density at radius 3 is 2.50 bits per heavy atom. The number of carbonyl (C=O) groups is 2. The number of carbonyl (C=O) groups excluding carboxylic acids is 1. The van der Waals surface area contributed by atoms with E-state index in [1.54, 1.807) is 18.2 Å². The Bertz CT molecular complexity index is 379. The van der Waals surface area contributed by atoms with Crippen molar-refractivity contribution in [1.29, 1.82) is 0 Å². The molecule has 1 rings (SSSR count). The van der Waals surface area contributed by atoms with E-state index < -0.39 is 5.97 Å². The zero-order valence-electron chi connectivity index (χ0n) is 8.93. The van der Waals surface area contributed by atoms with E-state index in [1.165, 1.54) is 0 Å². The van der Waals surface area contributed by atoms with E-state index in [-0.39, 0.29) is 5.78 Å². The number of carboxylic acid groups (broad SMARTS) is 1. The SMILES string of the molecule is O=C(O)/C=C/CCCC(=O)c1ccccc1. The first-order chi connectivity index (χ1) is 7.70. The van der Waals surface area contributed by atoms with Crippen LogP contribution in [0.15, 0.2) is 42.5 Å². The summed E-state index contributed by atoms with van der Waals surface area (Å²) < 4.78 is 0. The van der Waals surface area contributed by atoms with E-state index in [0.717, 1.165) is 6.08 Å². The molecular weight excluding hydrogens is 204 g/mol. The van der Waals surface area contributed by atoms with Gasteiger partial charge in [0.05, 0.1) is 0 Å². The smallest absolute Gasteiger partial charge is 0.327 e. The topological polar surface area (TPSA) is 54.4 Å². The third kappa shape index (κ3) is 4.55. The number of allylic oxidation sites excluding steroid dienone is 1. The van der Waals surface area contributed by atoms with Crippen LogP contribution in [0, 0.1) is 0 Å². The summed E-state index contributed by atoms with van der Waals surface area (Å²) in [5.41, 5.74) is 0.713. The second-order valence-corrected chi connectivity index (χ2v) is 3.42. The van der Waals surface area contributed by atoms with Gasteiger partial charge in [0.25, 0.3) is 0 Å². The van der Waals surface area contributed by atoms with Gasteiger partial charge in [-0.15, -0.1) is 0 Å². The summed E-state index contributed by atoms with van der Waals surface area (Å²) in [5, 5.41) is 8.35. The molecule has 0 aromatic heterocycles. The molecular formula is C13H14O3. The molecule has 0 fully saturated rings. The standard InChI is InChI=1S/C13H14O3/c14-12(11-7-3-1-4-8-11)9-5-2-6-10-13(15)16/h1,3-4,6-8,10H,2,5,9H2,(H,15,16)/b10-6+. The van der Waals surface area contributed by atoms with Crippen molar-refractivity contribution in [3.05, 3.63) is 48.0 Å². The fourth-order valence-electron chi connectivity index (χ4n) is 1.33. The molecule has 3 heteroatoms. The molecule has 0 atom stereocenters. The van der Waals surface area contributed by atoms with Gasteiger partial charge in [-0.1, -0.05) is 36.4 Å². The summed E-state index contributed by atoms with van der Waals surface area (Å²) in [4.78, 5) is 21.8. The number of unbranched alkanes of at least 4 members (excludes halogenated alkanes) is 1. The highest BCUT2D eigenvalue weighted by atomic mass is 16.4. The maximum absolute atomic E-state index is 11.6. The van der Waals surface area contributed by atoms with E-state index >= 15 is 0 Å². The van der Waals surface area contributed by atoms with Crippen LogP contribution in [0.25, 0.3) is 0 Å². The molecule has 0 amide bonds. The van der Waals surface area contributed by atoms with Crippen molar-refractivity contribution >= 4 is 11.8 Å². The molecule has 3 nitrogen and oxygen atoms in total. The van der Waals surface area contributed by atoms with Crippen molar-refractivity contribution in [2.75, 3.05) is 0 Å². The predicted molar refractivity (Wildman–Crippen MR) is 61.4 cm³/mol. The van der Waals surface area contributed by atoms with E-state index in [4.69, 9.17) is 5.11 Å². The average Bonchev–Trinajstić information content (AvgIpc) is 2.29. The van der Waals surface area contributed by atoms with Crippen molar-refractivity contribution in [2.45, 2.75) is 19.3 Å². The summed E-state index contributed by atoms with van der Waals surface area (Å²) in [6.07, 6.45) is 4.42. The first-order valence-electron chi connectivity index (χ1n) is 5.18. The van der Waals surface area contributed by atoms with Crippen molar-refractivity contribution in [3.63, 3.8) is 0 Å². The fourth-order valence-corrected chi connectivity index (χ4v) is 1.33. The van der Waals surface area contributed by atoms with Crippen LogP contribution in [-0.4, -0.2) is 16.9 Å². The van der Waals surface area contributed by atoms with E-state index in [2.05, 4.69) is 0 Å². The molecule has 0 heterocycles. The molecule has 1 aromatic carbocycles. The fraction of sp³-hybridized carbons (Fsp3) is 0.231. The van der Waals surface area contributed by atoms with Gasteiger partial charge >= 0.3 is 5.97 Å². The highest BCUT2D eigenvalue weighted by Gasteiger charge is 2.03. The van der Waals surface area contributed by atoms with Crippen molar-refractivity contribution in [2.24, 2.45) is 0 Å². The number of aliphatic carboxylic acids is 1. The lowest BCUT2D eigenvalue weighted by molar-refractivity contribution is -0.131. The second kappa shape index (κ2) is 6.56. The van der Waals surface area contributed by atoms with Crippen LogP contribution < -0.4 is 0 Å². The number of benzene rings is 1. The molecule has 0 spiro atoms. The van der Waals surface area contributed by atoms with Crippen LogP contribution in [-0.2, 0) is 4.79 Å². The average molecular weight is 218 g/mol. The van der Waals surface area contributed by atoms with Crippen LogP contribution in [0.5, 0.6) is 0 Å². The third-order valence-corrected chi connectivity index (χ3v) is 2.13. The molecule has 0 saturated heterocycles. The highest BCUT2D eigenvalue weighted by Crippen LogP contribution is 2.06. The van der Waals surface area contributed by atoms with Gasteiger partial charge in [0, 0.05) is 18.1 Å². The van der Waals surface area contributed by atoms with Gasteiger partial charge in [-0.2, -0.15) is 0 Å². The molecule has 0 aliphatic heterocycles. The summed E-state index contributed by atoms with van der Waals surface area (Å²) in [6, 6.07) is 9.10. The number of hydrogen-bond acceptors (Lipinski definition) is 2.